The maximum absolute atomic E-state index is 9.44. The third kappa shape index (κ3) is 2.87. The van der Waals surface area contributed by atoms with Crippen LogP contribution in [-0.2, 0) is 6.42 Å². The van der Waals surface area contributed by atoms with Crippen molar-refractivity contribution in [3.05, 3.63) is 27.3 Å². The van der Waals surface area contributed by atoms with Gasteiger partial charge in [0.15, 0.2) is 0 Å². The highest BCUT2D eigenvalue weighted by molar-refractivity contribution is 9.10. The van der Waals surface area contributed by atoms with Gasteiger partial charge in [-0.2, -0.15) is 0 Å². The smallest absolute Gasteiger partial charge is 0.128 e. The second-order valence-electron chi connectivity index (χ2n) is 5.68. The minimum atomic E-state index is 0.233. The molecule has 1 saturated heterocycles. The van der Waals surface area contributed by atoms with Crippen LogP contribution >= 0.6 is 27.5 Å². The van der Waals surface area contributed by atoms with Gasteiger partial charge in [-0.3, -0.25) is 4.90 Å². The van der Waals surface area contributed by atoms with Gasteiger partial charge in [-0.25, -0.2) is 0 Å². The van der Waals surface area contributed by atoms with Gasteiger partial charge in [-0.15, -0.1) is 0 Å². The van der Waals surface area contributed by atoms with Crippen molar-refractivity contribution in [2.75, 3.05) is 26.8 Å². The van der Waals surface area contributed by atoms with Crippen LogP contribution in [0.3, 0.4) is 0 Å². The Hall–Kier alpha value is -0.750. The van der Waals surface area contributed by atoms with Gasteiger partial charge in [0.1, 0.15) is 10.9 Å². The number of aromatic nitrogens is 1. The molecule has 1 aromatic heterocycles. The van der Waals surface area contributed by atoms with E-state index in [-0.39, 0.29) is 12.6 Å². The molecule has 4 nitrogen and oxygen atoms in total. The molecule has 1 aromatic carbocycles. The molecule has 6 heteroatoms. The summed E-state index contributed by atoms with van der Waals surface area (Å²) in [5, 5.41) is 11.1. The molecule has 0 aliphatic carbocycles. The molecule has 1 aliphatic heterocycles. The van der Waals surface area contributed by atoms with E-state index in [0.717, 1.165) is 59.0 Å². The Labute approximate surface area is 143 Å². The molecule has 0 amide bonds. The molecular formula is C16H20BrClN2O2. The minimum Gasteiger partial charge on any atom is -0.496 e. The number of ether oxygens (including phenoxy) is 1. The fourth-order valence-corrected chi connectivity index (χ4v) is 4.04. The molecule has 2 aromatic rings. The average Bonchev–Trinajstić information content (AvgIpc) is 3.10. The van der Waals surface area contributed by atoms with Crippen LogP contribution in [0.5, 0.6) is 5.75 Å². The highest BCUT2D eigenvalue weighted by Crippen LogP contribution is 2.38. The van der Waals surface area contributed by atoms with E-state index in [2.05, 4.69) is 25.8 Å². The largest absolute Gasteiger partial charge is 0.496 e. The number of fused-ring (bicyclic) bond motifs is 1. The molecule has 0 saturated carbocycles. The van der Waals surface area contributed by atoms with E-state index in [1.165, 1.54) is 0 Å². The molecular weight excluding hydrogens is 368 g/mol. The number of H-pyrrole nitrogens is 1. The number of rotatable bonds is 5. The van der Waals surface area contributed by atoms with Gasteiger partial charge in [0.05, 0.1) is 19.2 Å². The van der Waals surface area contributed by atoms with Crippen molar-refractivity contribution in [3.8, 4) is 5.75 Å². The fraction of sp³-hybridized carbons (Fsp3) is 0.500. The Morgan fingerprint density at radius 1 is 1.50 bits per heavy atom. The summed E-state index contributed by atoms with van der Waals surface area (Å²) in [6, 6.07) is 4.20. The van der Waals surface area contributed by atoms with Gasteiger partial charge in [0.25, 0.3) is 0 Å². The second kappa shape index (κ2) is 6.79. The lowest BCUT2D eigenvalue weighted by Gasteiger charge is -2.22. The number of nitrogens with one attached hydrogen (secondary N) is 1. The van der Waals surface area contributed by atoms with E-state index < -0.39 is 0 Å². The highest BCUT2D eigenvalue weighted by Gasteiger charge is 2.24. The van der Waals surface area contributed by atoms with Crippen LogP contribution in [0.25, 0.3) is 10.9 Å². The molecule has 1 aliphatic rings. The summed E-state index contributed by atoms with van der Waals surface area (Å²) in [5.41, 5.74) is 2.05. The van der Waals surface area contributed by atoms with Gasteiger partial charge in [0.2, 0.25) is 0 Å². The first kappa shape index (κ1) is 16.1. The summed E-state index contributed by atoms with van der Waals surface area (Å²) in [6.45, 7) is 2.18. The highest BCUT2D eigenvalue weighted by atomic mass is 79.9. The first-order valence-electron chi connectivity index (χ1n) is 7.53. The maximum Gasteiger partial charge on any atom is 0.128 e. The lowest BCUT2D eigenvalue weighted by atomic mass is 10.1. The standard InChI is InChI=1S/C16H20BrClN2O2/c1-22-13-5-4-12(17)15-14(13)11(16(18)19-15)6-8-20-7-2-3-10(20)9-21/h4-5,10,19,21H,2-3,6-9H2,1H3. The molecule has 120 valence electrons. The van der Waals surface area contributed by atoms with Crippen LogP contribution < -0.4 is 4.74 Å². The first-order valence-corrected chi connectivity index (χ1v) is 8.70. The number of aliphatic hydroxyl groups is 1. The number of hydrogen-bond donors (Lipinski definition) is 2. The Kier molecular flexibility index (Phi) is 4.97. The van der Waals surface area contributed by atoms with E-state index in [9.17, 15) is 5.11 Å². The van der Waals surface area contributed by atoms with E-state index >= 15 is 0 Å². The molecule has 2 N–H and O–H groups in total. The Morgan fingerprint density at radius 3 is 3.05 bits per heavy atom. The van der Waals surface area contributed by atoms with Crippen LogP contribution in [-0.4, -0.2) is 47.8 Å². The van der Waals surface area contributed by atoms with Crippen molar-refractivity contribution >= 4 is 38.4 Å². The Morgan fingerprint density at radius 2 is 2.32 bits per heavy atom. The van der Waals surface area contributed by atoms with Gasteiger partial charge in [-0.1, -0.05) is 11.6 Å². The monoisotopic (exact) mass is 386 g/mol. The van der Waals surface area contributed by atoms with E-state index in [0.29, 0.717) is 5.15 Å². The number of halogens is 2. The normalized spacial score (nSPS) is 19.2. The molecule has 0 radical (unpaired) electrons. The van der Waals surface area contributed by atoms with Crippen molar-refractivity contribution in [2.45, 2.75) is 25.3 Å². The van der Waals surface area contributed by atoms with Gasteiger partial charge in [-0.05, 0) is 53.9 Å². The molecule has 3 rings (SSSR count). The van der Waals surface area contributed by atoms with Crippen LogP contribution in [0, 0.1) is 0 Å². The van der Waals surface area contributed by atoms with Crippen molar-refractivity contribution in [1.29, 1.82) is 0 Å². The van der Waals surface area contributed by atoms with Crippen LogP contribution in [0.1, 0.15) is 18.4 Å². The number of nitrogens with zero attached hydrogens (tertiary/aromatic N) is 1. The second-order valence-corrected chi connectivity index (χ2v) is 6.91. The summed E-state index contributed by atoms with van der Waals surface area (Å²) < 4.78 is 6.48. The molecule has 1 fully saturated rings. The third-order valence-corrected chi connectivity index (χ3v) is 5.48. The minimum absolute atomic E-state index is 0.233. The van der Waals surface area contributed by atoms with E-state index in [4.69, 9.17) is 16.3 Å². The lowest BCUT2D eigenvalue weighted by molar-refractivity contribution is 0.160. The maximum atomic E-state index is 9.44. The van der Waals surface area contributed by atoms with Crippen molar-refractivity contribution in [2.24, 2.45) is 0 Å². The van der Waals surface area contributed by atoms with Crippen molar-refractivity contribution in [3.63, 3.8) is 0 Å². The fourth-order valence-electron chi connectivity index (χ4n) is 3.33. The zero-order valence-corrected chi connectivity index (χ0v) is 14.9. The number of aliphatic hydroxyl groups excluding tert-OH is 1. The molecule has 1 atom stereocenters. The average molecular weight is 388 g/mol. The summed E-state index contributed by atoms with van der Waals surface area (Å²) in [6.07, 6.45) is 3.07. The van der Waals surface area contributed by atoms with Crippen LogP contribution in [0.4, 0.5) is 0 Å². The Bertz CT molecular complexity index is 674. The third-order valence-electron chi connectivity index (χ3n) is 4.50. The molecule has 2 heterocycles. The molecule has 0 spiro atoms. The van der Waals surface area contributed by atoms with Gasteiger partial charge in [0, 0.05) is 28.0 Å². The summed E-state index contributed by atoms with van der Waals surface area (Å²) in [4.78, 5) is 5.59. The number of aromatic amines is 1. The van der Waals surface area contributed by atoms with Crippen molar-refractivity contribution in [1.82, 2.24) is 9.88 Å². The van der Waals surface area contributed by atoms with Crippen molar-refractivity contribution < 1.29 is 9.84 Å². The molecule has 0 bridgehead atoms. The topological polar surface area (TPSA) is 48.5 Å². The number of methoxy groups -OCH3 is 1. The summed E-state index contributed by atoms with van der Waals surface area (Å²) in [7, 11) is 1.68. The van der Waals surface area contributed by atoms with Crippen LogP contribution in [0.15, 0.2) is 16.6 Å². The summed E-state index contributed by atoms with van der Waals surface area (Å²) in [5.74, 6) is 0.830. The SMILES string of the molecule is COc1ccc(Br)c2[nH]c(Cl)c(CCN3CCCC3CO)c12. The first-order chi connectivity index (χ1) is 10.7. The predicted octanol–water partition coefficient (Wildman–Crippen LogP) is 3.59. The number of hydrogen-bond acceptors (Lipinski definition) is 3. The van der Waals surface area contributed by atoms with Gasteiger partial charge >= 0.3 is 0 Å². The van der Waals surface area contributed by atoms with Crippen LogP contribution in [0.2, 0.25) is 5.15 Å². The quantitative estimate of drug-likeness (QED) is 0.824. The number of likely N-dealkylation sites (tertiary alicyclic amines) is 1. The zero-order valence-electron chi connectivity index (χ0n) is 12.5. The summed E-state index contributed by atoms with van der Waals surface area (Å²) >= 11 is 9.98. The number of benzene rings is 1. The molecule has 1 unspecified atom stereocenters. The van der Waals surface area contributed by atoms with Gasteiger partial charge < -0.3 is 14.8 Å². The zero-order chi connectivity index (χ0) is 15.7. The van der Waals surface area contributed by atoms with E-state index in [1.54, 1.807) is 7.11 Å². The molecule has 22 heavy (non-hydrogen) atoms. The lowest BCUT2D eigenvalue weighted by Crippen LogP contribution is -2.33. The Balaban J connectivity index is 1.90. The predicted molar refractivity (Wildman–Crippen MR) is 92.9 cm³/mol. The van der Waals surface area contributed by atoms with E-state index in [1.807, 2.05) is 12.1 Å².